The fraction of sp³-hybridized carbons (Fsp3) is 0.250. The lowest BCUT2D eigenvalue weighted by atomic mass is 10.1. The molecule has 0 bridgehead atoms. The van der Waals surface area contributed by atoms with Crippen LogP contribution in [0.5, 0.6) is 11.5 Å². The van der Waals surface area contributed by atoms with E-state index < -0.39 is 10.8 Å². The minimum atomic E-state index is -0.592. The van der Waals surface area contributed by atoms with Crippen molar-refractivity contribution >= 4 is 23.5 Å². The number of ether oxygens (including phenoxy) is 1. The number of carbonyl (C=O) groups is 1. The number of para-hydroxylation sites is 1. The summed E-state index contributed by atoms with van der Waals surface area (Å²) < 4.78 is 5.77. The first kappa shape index (κ1) is 19.4. The highest BCUT2D eigenvalue weighted by molar-refractivity contribution is 6.05. The third-order valence-electron chi connectivity index (χ3n) is 4.73. The lowest BCUT2D eigenvalue weighted by molar-refractivity contribution is -0.384. The van der Waals surface area contributed by atoms with E-state index in [1.807, 2.05) is 11.0 Å². The van der Waals surface area contributed by atoms with E-state index in [4.69, 9.17) is 4.74 Å². The second kappa shape index (κ2) is 8.60. The van der Waals surface area contributed by atoms with Crippen LogP contribution in [0, 0.1) is 10.1 Å². The highest BCUT2D eigenvalue weighted by Gasteiger charge is 2.21. The summed E-state index contributed by atoms with van der Waals surface area (Å²) in [6.45, 7) is 1.73. The molecule has 2 N–H and O–H groups in total. The van der Waals surface area contributed by atoms with Crippen LogP contribution in [0.4, 0.5) is 17.6 Å². The van der Waals surface area contributed by atoms with Crippen molar-refractivity contribution in [3.63, 3.8) is 0 Å². The van der Waals surface area contributed by atoms with E-state index in [2.05, 4.69) is 20.5 Å². The Hall–Kier alpha value is -3.95. The van der Waals surface area contributed by atoms with Crippen LogP contribution >= 0.6 is 0 Å². The number of nitrogens with zero attached hydrogens (tertiary/aromatic N) is 4. The van der Waals surface area contributed by atoms with Crippen molar-refractivity contribution in [1.82, 2.24) is 15.2 Å². The Kier molecular flexibility index (Phi) is 5.55. The molecule has 1 aliphatic rings. The maximum Gasteiger partial charge on any atom is 0.270 e. The minimum absolute atomic E-state index is 0.0176. The highest BCUT2D eigenvalue weighted by atomic mass is 16.6. The third-order valence-corrected chi connectivity index (χ3v) is 4.73. The average Bonchev–Trinajstić information content (AvgIpc) is 3.23. The van der Waals surface area contributed by atoms with E-state index in [1.165, 1.54) is 24.6 Å². The number of hydrogen-bond acceptors (Lipinski definition) is 7. The number of amides is 1. The van der Waals surface area contributed by atoms with Crippen LogP contribution in [-0.2, 0) is 0 Å². The topological polar surface area (TPSA) is 126 Å². The van der Waals surface area contributed by atoms with Crippen molar-refractivity contribution < 1.29 is 14.5 Å². The van der Waals surface area contributed by atoms with Crippen LogP contribution in [0.1, 0.15) is 29.6 Å². The number of carbonyl (C=O) groups excluding carboxylic acids is 1. The molecule has 154 valence electrons. The molecule has 1 fully saturated rings. The van der Waals surface area contributed by atoms with E-state index in [0.717, 1.165) is 25.9 Å². The van der Waals surface area contributed by atoms with Gasteiger partial charge in [-0.1, -0.05) is 18.2 Å². The van der Waals surface area contributed by atoms with Gasteiger partial charge in [-0.05, 0) is 37.5 Å². The van der Waals surface area contributed by atoms with Gasteiger partial charge < -0.3 is 9.64 Å². The number of H-pyrrole nitrogens is 1. The number of nitrogens with one attached hydrogen (secondary N) is 2. The van der Waals surface area contributed by atoms with Gasteiger partial charge in [-0.2, -0.15) is 4.98 Å². The van der Waals surface area contributed by atoms with Crippen LogP contribution < -0.4 is 15.0 Å². The molecule has 0 unspecified atom stereocenters. The first-order valence-corrected chi connectivity index (χ1v) is 9.60. The van der Waals surface area contributed by atoms with Gasteiger partial charge in [0.05, 0.1) is 10.5 Å². The maximum atomic E-state index is 12.9. The van der Waals surface area contributed by atoms with Gasteiger partial charge in [0.1, 0.15) is 11.5 Å². The molecule has 0 atom stereocenters. The summed E-state index contributed by atoms with van der Waals surface area (Å²) >= 11 is 0. The molecule has 1 aliphatic heterocycles. The smallest absolute Gasteiger partial charge is 0.270 e. The molecule has 30 heavy (non-hydrogen) atoms. The quantitative estimate of drug-likeness (QED) is 0.470. The SMILES string of the molecule is O=C(Nc1nc(N2CCCCC2)n[nH]1)c1cc([N+](=O)[O-])ccc1Oc1ccccc1. The van der Waals surface area contributed by atoms with Crippen molar-refractivity contribution in [3.8, 4) is 11.5 Å². The number of aromatic nitrogens is 3. The zero-order valence-electron chi connectivity index (χ0n) is 16.1. The van der Waals surface area contributed by atoms with Crippen LogP contribution in [0.2, 0.25) is 0 Å². The second-order valence-corrected chi connectivity index (χ2v) is 6.84. The summed E-state index contributed by atoms with van der Waals surface area (Å²) in [5.41, 5.74) is -0.198. The fourth-order valence-electron chi connectivity index (χ4n) is 3.23. The average molecular weight is 408 g/mol. The molecule has 10 nitrogen and oxygen atoms in total. The fourth-order valence-corrected chi connectivity index (χ4v) is 3.23. The van der Waals surface area contributed by atoms with Gasteiger partial charge in [-0.3, -0.25) is 20.2 Å². The minimum Gasteiger partial charge on any atom is -0.457 e. The molecule has 10 heteroatoms. The Balaban J connectivity index is 1.56. The van der Waals surface area contributed by atoms with Crippen molar-refractivity contribution in [2.75, 3.05) is 23.3 Å². The lowest BCUT2D eigenvalue weighted by Crippen LogP contribution is -2.30. The normalized spacial score (nSPS) is 13.7. The van der Waals surface area contributed by atoms with E-state index in [1.54, 1.807) is 24.3 Å². The second-order valence-electron chi connectivity index (χ2n) is 6.84. The van der Waals surface area contributed by atoms with Crippen molar-refractivity contribution in [1.29, 1.82) is 0 Å². The number of anilines is 2. The number of nitro benzene ring substituents is 1. The molecule has 2 aromatic carbocycles. The molecule has 0 aliphatic carbocycles. The summed E-state index contributed by atoms with van der Waals surface area (Å²) in [6.07, 6.45) is 3.33. The zero-order valence-corrected chi connectivity index (χ0v) is 16.1. The number of benzene rings is 2. The number of rotatable bonds is 6. The van der Waals surface area contributed by atoms with Gasteiger partial charge in [-0.25, -0.2) is 5.10 Å². The molecule has 0 radical (unpaired) electrons. The maximum absolute atomic E-state index is 12.9. The van der Waals surface area contributed by atoms with Gasteiger partial charge in [0.15, 0.2) is 0 Å². The Labute approximate surface area is 172 Å². The molecule has 1 aromatic heterocycles. The van der Waals surface area contributed by atoms with Gasteiger partial charge >= 0.3 is 0 Å². The number of nitro groups is 1. The van der Waals surface area contributed by atoms with E-state index in [-0.39, 0.29) is 22.9 Å². The van der Waals surface area contributed by atoms with E-state index >= 15 is 0 Å². The van der Waals surface area contributed by atoms with Gasteiger partial charge in [0, 0.05) is 25.2 Å². The number of non-ortho nitro benzene ring substituents is 1. The summed E-state index contributed by atoms with van der Waals surface area (Å²) in [6, 6.07) is 12.7. The summed E-state index contributed by atoms with van der Waals surface area (Å²) in [5.74, 6) is 0.793. The summed E-state index contributed by atoms with van der Waals surface area (Å²) in [4.78, 5) is 29.9. The predicted octanol–water partition coefficient (Wildman–Crippen LogP) is 3.75. The first-order valence-electron chi connectivity index (χ1n) is 9.60. The first-order chi connectivity index (χ1) is 14.6. The number of piperidine rings is 1. The molecule has 3 aromatic rings. The molecule has 1 amide bonds. The van der Waals surface area contributed by atoms with E-state index in [9.17, 15) is 14.9 Å². The van der Waals surface area contributed by atoms with Crippen LogP contribution in [-0.4, -0.2) is 39.1 Å². The van der Waals surface area contributed by atoms with Crippen LogP contribution in [0.15, 0.2) is 48.5 Å². The van der Waals surface area contributed by atoms with Gasteiger partial charge in [0.25, 0.3) is 11.6 Å². The van der Waals surface area contributed by atoms with Crippen molar-refractivity contribution in [2.24, 2.45) is 0 Å². The van der Waals surface area contributed by atoms with Crippen LogP contribution in [0.25, 0.3) is 0 Å². The van der Waals surface area contributed by atoms with Crippen molar-refractivity contribution in [3.05, 3.63) is 64.2 Å². The summed E-state index contributed by atoms with van der Waals surface area (Å²) in [7, 11) is 0. The lowest BCUT2D eigenvalue weighted by Gasteiger charge is -2.24. The molecule has 4 rings (SSSR count). The molecule has 1 saturated heterocycles. The zero-order chi connectivity index (χ0) is 20.9. The predicted molar refractivity (Wildman–Crippen MR) is 110 cm³/mol. The third kappa shape index (κ3) is 4.37. The van der Waals surface area contributed by atoms with Gasteiger partial charge in [-0.15, -0.1) is 5.10 Å². The number of hydrogen-bond donors (Lipinski definition) is 2. The Morgan fingerprint density at radius 2 is 1.90 bits per heavy atom. The summed E-state index contributed by atoms with van der Waals surface area (Å²) in [5, 5.41) is 20.7. The van der Waals surface area contributed by atoms with Crippen molar-refractivity contribution in [2.45, 2.75) is 19.3 Å². The highest BCUT2D eigenvalue weighted by Crippen LogP contribution is 2.29. The van der Waals surface area contributed by atoms with Gasteiger partial charge in [0.2, 0.25) is 11.9 Å². The number of aromatic amines is 1. The monoisotopic (exact) mass is 408 g/mol. The molecular formula is C20H20N6O4. The Morgan fingerprint density at radius 3 is 2.63 bits per heavy atom. The standard InChI is InChI=1S/C20H20N6O4/c27-18(21-19-22-20(24-23-19)25-11-5-2-6-12-25)16-13-14(26(28)29)9-10-17(16)30-15-7-3-1-4-8-15/h1,3-4,7-10,13H,2,5-6,11-12H2,(H2,21,22,23,24,27). The molecular weight excluding hydrogens is 388 g/mol. The Bertz CT molecular complexity index is 1050. The van der Waals surface area contributed by atoms with E-state index in [0.29, 0.717) is 11.7 Å². The largest absolute Gasteiger partial charge is 0.457 e. The molecule has 0 saturated carbocycles. The molecule has 0 spiro atoms. The van der Waals surface area contributed by atoms with Crippen LogP contribution in [0.3, 0.4) is 0 Å². The molecule has 2 heterocycles. The Morgan fingerprint density at radius 1 is 1.13 bits per heavy atom.